The van der Waals surface area contributed by atoms with Gasteiger partial charge < -0.3 is 9.84 Å². The number of carbonyl (C=O) groups is 1. The standard InChI is InChI=1S/C24H24F2N4O2/c1-15-27-23(32-29-15)24-11-19(28-22(31)20-8-7-18(25)10-21(20)26)9-17(24)13-30(14-24)12-16-5-3-2-4-6-16/h2-8,10,17,19H,9,11-14H2,1H3,(H,28,31)/t17-,19+,24-/m0/s1. The Morgan fingerprint density at radius 2 is 2.06 bits per heavy atom. The molecule has 2 heterocycles. The molecule has 1 aliphatic carbocycles. The molecule has 8 heteroatoms. The number of aryl methyl sites for hydroxylation is 1. The number of likely N-dealkylation sites (tertiary alicyclic amines) is 1. The van der Waals surface area contributed by atoms with Crippen LogP contribution in [0.3, 0.4) is 0 Å². The molecule has 6 nitrogen and oxygen atoms in total. The van der Waals surface area contributed by atoms with Crippen molar-refractivity contribution in [1.82, 2.24) is 20.4 Å². The molecule has 32 heavy (non-hydrogen) atoms. The fourth-order valence-electron chi connectivity index (χ4n) is 5.31. The van der Waals surface area contributed by atoms with E-state index in [9.17, 15) is 13.6 Å². The van der Waals surface area contributed by atoms with Crippen LogP contribution in [0.4, 0.5) is 8.78 Å². The molecular weight excluding hydrogens is 414 g/mol. The predicted octanol–water partition coefficient (Wildman–Crippen LogP) is 3.62. The Labute approximate surface area is 184 Å². The molecule has 0 bridgehead atoms. The number of halogens is 2. The largest absolute Gasteiger partial charge is 0.349 e. The van der Waals surface area contributed by atoms with Crippen molar-refractivity contribution >= 4 is 5.91 Å². The first kappa shape index (κ1) is 20.8. The summed E-state index contributed by atoms with van der Waals surface area (Å²) in [6, 6.07) is 13.1. The third-order valence-corrected chi connectivity index (χ3v) is 6.66. The van der Waals surface area contributed by atoms with Gasteiger partial charge in [0.2, 0.25) is 5.89 Å². The van der Waals surface area contributed by atoms with Gasteiger partial charge in [-0.2, -0.15) is 4.98 Å². The van der Waals surface area contributed by atoms with Gasteiger partial charge in [0.25, 0.3) is 5.91 Å². The number of hydrogen-bond acceptors (Lipinski definition) is 5. The second-order valence-corrected chi connectivity index (χ2v) is 8.89. The number of fused-ring (bicyclic) bond motifs is 1. The van der Waals surface area contributed by atoms with Crippen molar-refractivity contribution in [3.63, 3.8) is 0 Å². The fourth-order valence-corrected chi connectivity index (χ4v) is 5.31. The van der Waals surface area contributed by atoms with Crippen molar-refractivity contribution in [2.75, 3.05) is 13.1 Å². The van der Waals surface area contributed by atoms with Crippen molar-refractivity contribution in [2.45, 2.75) is 37.8 Å². The van der Waals surface area contributed by atoms with Gasteiger partial charge >= 0.3 is 0 Å². The molecule has 166 valence electrons. The minimum absolute atomic E-state index is 0.156. The topological polar surface area (TPSA) is 71.3 Å². The van der Waals surface area contributed by atoms with Gasteiger partial charge in [-0.05, 0) is 43.4 Å². The molecule has 0 spiro atoms. The molecule has 3 atom stereocenters. The van der Waals surface area contributed by atoms with Crippen LogP contribution in [0.5, 0.6) is 0 Å². The molecule has 1 aromatic heterocycles. The Morgan fingerprint density at radius 3 is 2.78 bits per heavy atom. The van der Waals surface area contributed by atoms with Gasteiger partial charge in [-0.25, -0.2) is 8.78 Å². The highest BCUT2D eigenvalue weighted by molar-refractivity contribution is 5.94. The lowest BCUT2D eigenvalue weighted by atomic mass is 9.80. The second kappa shape index (κ2) is 8.09. The van der Waals surface area contributed by atoms with E-state index < -0.39 is 17.5 Å². The Balaban J connectivity index is 1.35. The molecule has 2 fully saturated rings. The smallest absolute Gasteiger partial charge is 0.254 e. The van der Waals surface area contributed by atoms with Crippen molar-refractivity contribution in [2.24, 2.45) is 5.92 Å². The summed E-state index contributed by atoms with van der Waals surface area (Å²) in [4.78, 5) is 19.6. The molecule has 2 aliphatic rings. The number of nitrogens with one attached hydrogen (secondary N) is 1. The summed E-state index contributed by atoms with van der Waals surface area (Å²) >= 11 is 0. The molecule has 1 N–H and O–H groups in total. The normalized spacial score (nSPS) is 25.1. The average molecular weight is 438 g/mol. The highest BCUT2D eigenvalue weighted by Gasteiger charge is 2.57. The molecule has 0 radical (unpaired) electrons. The number of nitrogens with zero attached hydrogens (tertiary/aromatic N) is 3. The molecule has 1 amide bonds. The van der Waals surface area contributed by atoms with Gasteiger partial charge in [-0.3, -0.25) is 9.69 Å². The number of carbonyl (C=O) groups excluding carboxylic acids is 1. The molecule has 2 aromatic carbocycles. The summed E-state index contributed by atoms with van der Waals surface area (Å²) in [5.41, 5.74) is 0.716. The molecule has 1 saturated heterocycles. The van der Waals surface area contributed by atoms with Crippen LogP contribution < -0.4 is 5.32 Å². The van der Waals surface area contributed by atoms with Crippen LogP contribution in [0.25, 0.3) is 0 Å². The van der Waals surface area contributed by atoms with Gasteiger partial charge in [0, 0.05) is 31.7 Å². The van der Waals surface area contributed by atoms with Crippen molar-refractivity contribution in [3.05, 3.63) is 83.0 Å². The summed E-state index contributed by atoms with van der Waals surface area (Å²) < 4.78 is 32.9. The maximum atomic E-state index is 14.1. The zero-order chi connectivity index (χ0) is 22.3. The second-order valence-electron chi connectivity index (χ2n) is 8.89. The Kier molecular flexibility index (Phi) is 5.25. The van der Waals surface area contributed by atoms with E-state index in [1.165, 1.54) is 11.6 Å². The zero-order valence-electron chi connectivity index (χ0n) is 17.7. The van der Waals surface area contributed by atoms with Gasteiger partial charge in [0.05, 0.1) is 11.0 Å². The van der Waals surface area contributed by atoms with Crippen molar-refractivity contribution in [1.29, 1.82) is 0 Å². The van der Waals surface area contributed by atoms with E-state index in [-0.39, 0.29) is 22.9 Å². The highest BCUT2D eigenvalue weighted by Crippen LogP contribution is 2.50. The number of aromatic nitrogens is 2. The lowest BCUT2D eigenvalue weighted by molar-refractivity contribution is 0.0929. The lowest BCUT2D eigenvalue weighted by Gasteiger charge is -2.25. The Hall–Kier alpha value is -3.13. The van der Waals surface area contributed by atoms with Crippen LogP contribution >= 0.6 is 0 Å². The summed E-state index contributed by atoms with van der Waals surface area (Å²) in [6.45, 7) is 4.20. The van der Waals surface area contributed by atoms with Crippen LogP contribution in [-0.2, 0) is 12.0 Å². The number of amides is 1. The number of hydrogen-bond donors (Lipinski definition) is 1. The SMILES string of the molecule is Cc1noc([C@]23C[C@H](NC(=O)c4ccc(F)cc4F)C[C@H]2CN(Cc2ccccc2)C3)n1. The number of rotatable bonds is 5. The Morgan fingerprint density at radius 1 is 1.25 bits per heavy atom. The quantitative estimate of drug-likeness (QED) is 0.659. The number of benzene rings is 2. The van der Waals surface area contributed by atoms with E-state index in [4.69, 9.17) is 4.52 Å². The fraction of sp³-hybridized carbons (Fsp3) is 0.375. The van der Waals surface area contributed by atoms with Crippen LogP contribution in [-0.4, -0.2) is 40.1 Å². The average Bonchev–Trinajstić information content (AvgIpc) is 3.41. The van der Waals surface area contributed by atoms with Gasteiger partial charge in [0.1, 0.15) is 11.6 Å². The van der Waals surface area contributed by atoms with Gasteiger partial charge in [-0.1, -0.05) is 35.5 Å². The molecule has 0 unspecified atom stereocenters. The lowest BCUT2D eigenvalue weighted by Crippen LogP contribution is -2.38. The maximum absolute atomic E-state index is 14.1. The summed E-state index contributed by atoms with van der Waals surface area (Å²) in [5, 5.41) is 6.94. The summed E-state index contributed by atoms with van der Waals surface area (Å²) in [5.74, 6) is -0.716. The van der Waals surface area contributed by atoms with Crippen molar-refractivity contribution in [3.8, 4) is 0 Å². The zero-order valence-corrected chi connectivity index (χ0v) is 17.7. The molecule has 5 rings (SSSR count). The first-order valence-electron chi connectivity index (χ1n) is 10.8. The molecule has 1 saturated carbocycles. The monoisotopic (exact) mass is 438 g/mol. The van der Waals surface area contributed by atoms with E-state index >= 15 is 0 Å². The first-order valence-corrected chi connectivity index (χ1v) is 10.8. The van der Waals surface area contributed by atoms with E-state index in [0.29, 0.717) is 18.1 Å². The van der Waals surface area contributed by atoms with E-state index in [1.54, 1.807) is 6.92 Å². The minimum Gasteiger partial charge on any atom is -0.349 e. The maximum Gasteiger partial charge on any atom is 0.254 e. The van der Waals surface area contributed by atoms with E-state index in [1.807, 2.05) is 18.2 Å². The van der Waals surface area contributed by atoms with E-state index in [2.05, 4.69) is 32.5 Å². The molecule has 3 aromatic rings. The van der Waals surface area contributed by atoms with Crippen LogP contribution in [0.1, 0.15) is 40.5 Å². The van der Waals surface area contributed by atoms with E-state index in [0.717, 1.165) is 38.2 Å². The third kappa shape index (κ3) is 3.79. The summed E-state index contributed by atoms with van der Waals surface area (Å²) in [6.07, 6.45) is 1.35. The van der Waals surface area contributed by atoms with Crippen LogP contribution in [0, 0.1) is 24.5 Å². The molecular formula is C24H24F2N4O2. The third-order valence-electron chi connectivity index (χ3n) is 6.66. The minimum atomic E-state index is -0.864. The van der Waals surface area contributed by atoms with Crippen LogP contribution in [0.2, 0.25) is 0 Å². The summed E-state index contributed by atoms with van der Waals surface area (Å²) in [7, 11) is 0. The predicted molar refractivity (Wildman–Crippen MR) is 113 cm³/mol. The van der Waals surface area contributed by atoms with Gasteiger partial charge in [-0.15, -0.1) is 0 Å². The first-order chi connectivity index (χ1) is 15.4. The Bertz CT molecular complexity index is 1140. The van der Waals surface area contributed by atoms with Gasteiger partial charge in [0.15, 0.2) is 5.82 Å². The van der Waals surface area contributed by atoms with Crippen LogP contribution in [0.15, 0.2) is 53.1 Å². The molecule has 1 aliphatic heterocycles. The highest BCUT2D eigenvalue weighted by atomic mass is 19.1. The van der Waals surface area contributed by atoms with Crippen molar-refractivity contribution < 1.29 is 18.1 Å².